The van der Waals surface area contributed by atoms with Gasteiger partial charge in [-0.3, -0.25) is 9.69 Å². The van der Waals surface area contributed by atoms with E-state index in [1.54, 1.807) is 0 Å². The average Bonchev–Trinajstić information content (AvgIpc) is 2.38. The van der Waals surface area contributed by atoms with Crippen LogP contribution in [0.25, 0.3) is 0 Å². The van der Waals surface area contributed by atoms with Crippen molar-refractivity contribution in [2.24, 2.45) is 0 Å². The van der Waals surface area contributed by atoms with Crippen LogP contribution in [0, 0.1) is 13.8 Å². The minimum Gasteiger partial charge on any atom is -0.480 e. The Balaban J connectivity index is 2.13. The summed E-state index contributed by atoms with van der Waals surface area (Å²) in [6.45, 7) is 6.73. The zero-order chi connectivity index (χ0) is 13.8. The fourth-order valence-corrected chi connectivity index (χ4v) is 2.54. The van der Waals surface area contributed by atoms with Crippen LogP contribution in [-0.4, -0.2) is 48.3 Å². The lowest BCUT2D eigenvalue weighted by molar-refractivity contribution is -0.145. The summed E-state index contributed by atoms with van der Waals surface area (Å²) < 4.78 is 5.28. The van der Waals surface area contributed by atoms with E-state index < -0.39 is 12.0 Å². The molecule has 0 amide bonds. The highest BCUT2D eigenvalue weighted by atomic mass is 16.5. The van der Waals surface area contributed by atoms with Gasteiger partial charge in [-0.05, 0) is 31.4 Å². The smallest absolute Gasteiger partial charge is 0.321 e. The van der Waals surface area contributed by atoms with Gasteiger partial charge in [0.15, 0.2) is 0 Å². The van der Waals surface area contributed by atoms with E-state index in [1.807, 2.05) is 30.9 Å². The van der Waals surface area contributed by atoms with Crippen LogP contribution in [0.4, 0.5) is 0 Å². The monoisotopic (exact) mass is 263 g/mol. The van der Waals surface area contributed by atoms with Crippen LogP contribution in [0.5, 0.6) is 0 Å². The molecule has 1 N–H and O–H groups in total. The molecular formula is C15H21NO3. The van der Waals surface area contributed by atoms with Crippen molar-refractivity contribution in [3.05, 3.63) is 34.9 Å². The number of carboxylic acids is 1. The molecule has 0 aliphatic carbocycles. The van der Waals surface area contributed by atoms with Crippen molar-refractivity contribution in [3.63, 3.8) is 0 Å². The maximum absolute atomic E-state index is 11.5. The van der Waals surface area contributed by atoms with Crippen molar-refractivity contribution >= 4 is 5.97 Å². The summed E-state index contributed by atoms with van der Waals surface area (Å²) in [7, 11) is 0. The van der Waals surface area contributed by atoms with Gasteiger partial charge < -0.3 is 9.84 Å². The van der Waals surface area contributed by atoms with Crippen molar-refractivity contribution < 1.29 is 14.6 Å². The number of nitrogens with zero attached hydrogens (tertiary/aromatic N) is 1. The van der Waals surface area contributed by atoms with E-state index in [1.165, 1.54) is 11.1 Å². The van der Waals surface area contributed by atoms with Gasteiger partial charge in [0.05, 0.1) is 13.2 Å². The molecule has 19 heavy (non-hydrogen) atoms. The Morgan fingerprint density at radius 1 is 1.37 bits per heavy atom. The standard InChI is InChI=1S/C15H21NO3/c1-11-3-4-13(12(2)9-11)10-14(15(17)18)16-5-7-19-8-6-16/h3-4,9,14H,5-8,10H2,1-2H3,(H,17,18)/t14-/m0/s1. The third-order valence-electron chi connectivity index (χ3n) is 3.68. The molecule has 104 valence electrons. The van der Waals surface area contributed by atoms with Crippen LogP contribution >= 0.6 is 0 Å². The first kappa shape index (κ1) is 14.0. The molecule has 0 unspecified atom stereocenters. The van der Waals surface area contributed by atoms with Gasteiger partial charge in [-0.15, -0.1) is 0 Å². The van der Waals surface area contributed by atoms with Gasteiger partial charge in [-0.25, -0.2) is 0 Å². The summed E-state index contributed by atoms with van der Waals surface area (Å²) in [5.74, 6) is -0.748. The molecule has 4 nitrogen and oxygen atoms in total. The molecule has 0 radical (unpaired) electrons. The second kappa shape index (κ2) is 6.17. The molecule has 0 aromatic heterocycles. The number of aryl methyl sites for hydroxylation is 2. The van der Waals surface area contributed by atoms with E-state index in [0.717, 1.165) is 5.56 Å². The van der Waals surface area contributed by atoms with Gasteiger partial charge in [-0.2, -0.15) is 0 Å². The Labute approximate surface area is 114 Å². The minimum absolute atomic E-state index is 0.453. The summed E-state index contributed by atoms with van der Waals surface area (Å²) in [5, 5.41) is 9.45. The topological polar surface area (TPSA) is 49.8 Å². The summed E-state index contributed by atoms with van der Waals surface area (Å²) in [6.07, 6.45) is 0.557. The largest absolute Gasteiger partial charge is 0.480 e. The zero-order valence-electron chi connectivity index (χ0n) is 11.6. The summed E-state index contributed by atoms with van der Waals surface area (Å²) >= 11 is 0. The van der Waals surface area contributed by atoms with Gasteiger partial charge >= 0.3 is 5.97 Å². The SMILES string of the molecule is Cc1ccc(C[C@@H](C(=O)O)N2CCOCC2)c(C)c1. The number of aliphatic carboxylic acids is 1. The second-order valence-electron chi connectivity index (χ2n) is 5.14. The molecule has 1 atom stereocenters. The molecule has 4 heteroatoms. The summed E-state index contributed by atoms with van der Waals surface area (Å²) in [5.41, 5.74) is 3.49. The number of rotatable bonds is 4. The lowest BCUT2D eigenvalue weighted by Crippen LogP contribution is -2.48. The maximum atomic E-state index is 11.5. The van der Waals surface area contributed by atoms with Gasteiger partial charge in [0.2, 0.25) is 0 Å². The predicted molar refractivity (Wildman–Crippen MR) is 73.4 cm³/mol. The molecule has 0 spiro atoms. The molecule has 1 heterocycles. The van der Waals surface area contributed by atoms with Crippen LogP contribution in [-0.2, 0) is 16.0 Å². The molecule has 0 saturated carbocycles. The first-order valence-corrected chi connectivity index (χ1v) is 6.68. The van der Waals surface area contributed by atoms with E-state index in [4.69, 9.17) is 4.74 Å². The van der Waals surface area contributed by atoms with Crippen molar-refractivity contribution in [1.29, 1.82) is 0 Å². The van der Waals surface area contributed by atoms with Gasteiger partial charge in [-0.1, -0.05) is 23.8 Å². The van der Waals surface area contributed by atoms with Crippen molar-refractivity contribution in [3.8, 4) is 0 Å². The number of hydrogen-bond acceptors (Lipinski definition) is 3. The van der Waals surface area contributed by atoms with E-state index in [9.17, 15) is 9.90 Å². The quantitative estimate of drug-likeness (QED) is 0.897. The van der Waals surface area contributed by atoms with Crippen LogP contribution < -0.4 is 0 Å². The minimum atomic E-state index is -0.748. The molecule has 1 aromatic carbocycles. The molecular weight excluding hydrogens is 242 g/mol. The average molecular weight is 263 g/mol. The number of carboxylic acid groups (broad SMARTS) is 1. The third-order valence-corrected chi connectivity index (χ3v) is 3.68. The highest BCUT2D eigenvalue weighted by Crippen LogP contribution is 2.16. The number of benzene rings is 1. The fourth-order valence-electron chi connectivity index (χ4n) is 2.54. The molecule has 1 aliphatic rings. The Bertz CT molecular complexity index is 453. The lowest BCUT2D eigenvalue weighted by Gasteiger charge is -2.32. The highest BCUT2D eigenvalue weighted by molar-refractivity contribution is 5.74. The van der Waals surface area contributed by atoms with Gasteiger partial charge in [0.1, 0.15) is 6.04 Å². The summed E-state index contributed by atoms with van der Waals surface area (Å²) in [4.78, 5) is 13.5. The summed E-state index contributed by atoms with van der Waals surface area (Å²) in [6, 6.07) is 5.74. The molecule has 2 rings (SSSR count). The number of carbonyl (C=O) groups is 1. The first-order valence-electron chi connectivity index (χ1n) is 6.68. The Kier molecular flexibility index (Phi) is 4.56. The number of hydrogen-bond donors (Lipinski definition) is 1. The second-order valence-corrected chi connectivity index (χ2v) is 5.14. The van der Waals surface area contributed by atoms with Gasteiger partial charge in [0.25, 0.3) is 0 Å². The number of ether oxygens (including phenoxy) is 1. The van der Waals surface area contributed by atoms with E-state index >= 15 is 0 Å². The first-order chi connectivity index (χ1) is 9.08. The van der Waals surface area contributed by atoms with Gasteiger partial charge in [0, 0.05) is 13.1 Å². The molecule has 1 fully saturated rings. The van der Waals surface area contributed by atoms with Crippen molar-refractivity contribution in [2.45, 2.75) is 26.3 Å². The lowest BCUT2D eigenvalue weighted by atomic mass is 9.98. The maximum Gasteiger partial charge on any atom is 0.321 e. The van der Waals surface area contributed by atoms with Crippen LogP contribution in [0.2, 0.25) is 0 Å². The molecule has 1 saturated heterocycles. The Morgan fingerprint density at radius 2 is 2.05 bits per heavy atom. The molecule has 1 aromatic rings. The Hall–Kier alpha value is -1.39. The van der Waals surface area contributed by atoms with Crippen molar-refractivity contribution in [2.75, 3.05) is 26.3 Å². The number of morpholine rings is 1. The van der Waals surface area contributed by atoms with Crippen LogP contribution in [0.1, 0.15) is 16.7 Å². The normalized spacial score (nSPS) is 18.2. The Morgan fingerprint density at radius 3 is 2.63 bits per heavy atom. The third kappa shape index (κ3) is 3.55. The predicted octanol–water partition coefficient (Wildman–Crippen LogP) is 1.63. The molecule has 1 aliphatic heterocycles. The van der Waals surface area contributed by atoms with E-state index in [-0.39, 0.29) is 0 Å². The van der Waals surface area contributed by atoms with E-state index in [2.05, 4.69) is 6.07 Å². The van der Waals surface area contributed by atoms with Crippen molar-refractivity contribution in [1.82, 2.24) is 4.90 Å². The van der Waals surface area contributed by atoms with Crippen LogP contribution in [0.3, 0.4) is 0 Å². The van der Waals surface area contributed by atoms with E-state index in [0.29, 0.717) is 32.7 Å². The fraction of sp³-hybridized carbons (Fsp3) is 0.533. The zero-order valence-corrected chi connectivity index (χ0v) is 11.6. The van der Waals surface area contributed by atoms with Crippen LogP contribution in [0.15, 0.2) is 18.2 Å². The highest BCUT2D eigenvalue weighted by Gasteiger charge is 2.27. The molecule has 0 bridgehead atoms.